The van der Waals surface area contributed by atoms with E-state index in [1.54, 1.807) is 11.8 Å². The van der Waals surface area contributed by atoms with Gasteiger partial charge in [-0.05, 0) is 31.9 Å². The molecule has 1 heterocycles. The summed E-state index contributed by atoms with van der Waals surface area (Å²) in [6, 6.07) is 8.45. The number of ether oxygens (including phenoxy) is 1. The van der Waals surface area contributed by atoms with Crippen molar-refractivity contribution in [1.82, 2.24) is 0 Å². The van der Waals surface area contributed by atoms with Crippen LogP contribution in [-0.4, -0.2) is 22.8 Å². The average Bonchev–Trinajstić information content (AvgIpc) is 2.31. The smallest absolute Gasteiger partial charge is 0.110 e. The predicted octanol–water partition coefficient (Wildman–Crippen LogP) is 3.36. The molecule has 17 heavy (non-hydrogen) atoms. The summed E-state index contributed by atoms with van der Waals surface area (Å²) in [5, 5.41) is 9.81. The van der Waals surface area contributed by atoms with Crippen LogP contribution in [0.3, 0.4) is 0 Å². The Bertz CT molecular complexity index is 350. The molecule has 1 saturated heterocycles. The zero-order valence-corrected chi connectivity index (χ0v) is 11.2. The molecule has 1 aliphatic heterocycles. The van der Waals surface area contributed by atoms with Gasteiger partial charge in [-0.2, -0.15) is 0 Å². The van der Waals surface area contributed by atoms with Crippen molar-refractivity contribution in [2.24, 2.45) is 0 Å². The lowest BCUT2D eigenvalue weighted by atomic mass is 10.0. The van der Waals surface area contributed by atoms with Crippen molar-refractivity contribution in [2.75, 3.05) is 0 Å². The SMILES string of the molecule is CCC1CC(O)CC(Sc2ccc(C)cc2)O1. The highest BCUT2D eigenvalue weighted by atomic mass is 32.2. The Balaban J connectivity index is 1.95. The zero-order valence-electron chi connectivity index (χ0n) is 10.4. The van der Waals surface area contributed by atoms with Crippen LogP contribution in [0.15, 0.2) is 29.2 Å². The van der Waals surface area contributed by atoms with Gasteiger partial charge in [-0.3, -0.25) is 0 Å². The van der Waals surface area contributed by atoms with E-state index in [1.165, 1.54) is 10.5 Å². The summed E-state index contributed by atoms with van der Waals surface area (Å²) in [5.74, 6) is 0. The number of rotatable bonds is 3. The van der Waals surface area contributed by atoms with E-state index in [9.17, 15) is 5.11 Å². The van der Waals surface area contributed by atoms with Gasteiger partial charge in [0.2, 0.25) is 0 Å². The molecule has 94 valence electrons. The highest BCUT2D eigenvalue weighted by Gasteiger charge is 2.27. The molecule has 1 aliphatic rings. The van der Waals surface area contributed by atoms with Gasteiger partial charge in [0.15, 0.2) is 0 Å². The first-order valence-corrected chi connectivity index (χ1v) is 7.12. The van der Waals surface area contributed by atoms with Gasteiger partial charge in [-0.15, -0.1) is 0 Å². The standard InChI is InChI=1S/C14H20O2S/c1-3-12-8-11(15)9-14(16-12)17-13-6-4-10(2)5-7-13/h4-7,11-12,14-15H,3,8-9H2,1-2H3. The fraction of sp³-hybridized carbons (Fsp3) is 0.571. The molecule has 0 bridgehead atoms. The molecule has 1 N–H and O–H groups in total. The number of hydrogen-bond acceptors (Lipinski definition) is 3. The van der Waals surface area contributed by atoms with Gasteiger partial charge >= 0.3 is 0 Å². The van der Waals surface area contributed by atoms with Gasteiger partial charge in [-0.25, -0.2) is 0 Å². The number of thioether (sulfide) groups is 1. The second kappa shape index (κ2) is 5.89. The number of aliphatic hydroxyl groups is 1. The maximum atomic E-state index is 9.81. The van der Waals surface area contributed by atoms with Crippen molar-refractivity contribution >= 4 is 11.8 Å². The van der Waals surface area contributed by atoms with Crippen molar-refractivity contribution in [3.63, 3.8) is 0 Å². The second-order valence-corrected chi connectivity index (χ2v) is 5.88. The topological polar surface area (TPSA) is 29.5 Å². The first-order chi connectivity index (χ1) is 8.17. The van der Waals surface area contributed by atoms with Crippen molar-refractivity contribution in [2.45, 2.75) is 55.6 Å². The average molecular weight is 252 g/mol. The molecule has 1 aromatic rings. The molecule has 0 aromatic heterocycles. The highest BCUT2D eigenvalue weighted by Crippen LogP contribution is 2.33. The van der Waals surface area contributed by atoms with Gasteiger partial charge in [-0.1, -0.05) is 36.4 Å². The van der Waals surface area contributed by atoms with Crippen LogP contribution < -0.4 is 0 Å². The molecule has 3 unspecified atom stereocenters. The van der Waals surface area contributed by atoms with E-state index in [0.29, 0.717) is 0 Å². The lowest BCUT2D eigenvalue weighted by Gasteiger charge is -2.32. The molecule has 2 rings (SSSR count). The Hall–Kier alpha value is -0.510. The van der Waals surface area contributed by atoms with Crippen molar-refractivity contribution in [3.05, 3.63) is 29.8 Å². The number of benzene rings is 1. The van der Waals surface area contributed by atoms with Crippen LogP contribution in [0.1, 0.15) is 31.7 Å². The van der Waals surface area contributed by atoms with E-state index in [-0.39, 0.29) is 17.6 Å². The lowest BCUT2D eigenvalue weighted by Crippen LogP contribution is -2.33. The minimum absolute atomic E-state index is 0.0893. The number of hydrogen-bond donors (Lipinski definition) is 1. The Morgan fingerprint density at radius 1 is 1.29 bits per heavy atom. The lowest BCUT2D eigenvalue weighted by molar-refractivity contribution is -0.0597. The van der Waals surface area contributed by atoms with E-state index >= 15 is 0 Å². The van der Waals surface area contributed by atoms with Crippen molar-refractivity contribution in [1.29, 1.82) is 0 Å². The highest BCUT2D eigenvalue weighted by molar-refractivity contribution is 7.99. The fourth-order valence-electron chi connectivity index (χ4n) is 2.05. The van der Waals surface area contributed by atoms with Crippen LogP contribution in [0.5, 0.6) is 0 Å². The van der Waals surface area contributed by atoms with Gasteiger partial charge in [0, 0.05) is 11.3 Å². The Labute approximate surface area is 107 Å². The number of aryl methyl sites for hydroxylation is 1. The second-order valence-electron chi connectivity index (χ2n) is 4.65. The van der Waals surface area contributed by atoms with Gasteiger partial charge in [0.05, 0.1) is 12.2 Å². The van der Waals surface area contributed by atoms with E-state index in [1.807, 2.05) is 0 Å². The van der Waals surface area contributed by atoms with E-state index in [0.717, 1.165) is 19.3 Å². The number of aliphatic hydroxyl groups excluding tert-OH is 1. The summed E-state index contributed by atoms with van der Waals surface area (Å²) in [6.07, 6.45) is 2.48. The summed E-state index contributed by atoms with van der Waals surface area (Å²) in [7, 11) is 0. The van der Waals surface area contributed by atoms with Crippen LogP contribution in [0, 0.1) is 6.92 Å². The molecule has 1 aromatic carbocycles. The third-order valence-corrected chi connectivity index (χ3v) is 4.20. The fourth-order valence-corrected chi connectivity index (χ4v) is 3.18. The van der Waals surface area contributed by atoms with Crippen LogP contribution in [0.2, 0.25) is 0 Å². The first kappa shape index (κ1) is 12.9. The maximum absolute atomic E-state index is 9.81. The van der Waals surface area contributed by atoms with Crippen LogP contribution in [0.4, 0.5) is 0 Å². The Morgan fingerprint density at radius 3 is 2.65 bits per heavy atom. The molecular weight excluding hydrogens is 232 g/mol. The van der Waals surface area contributed by atoms with Gasteiger partial charge < -0.3 is 9.84 Å². The minimum Gasteiger partial charge on any atom is -0.393 e. The maximum Gasteiger partial charge on any atom is 0.110 e. The molecule has 0 spiro atoms. The van der Waals surface area contributed by atoms with E-state index in [4.69, 9.17) is 4.74 Å². The molecule has 0 radical (unpaired) electrons. The normalized spacial score (nSPS) is 29.2. The van der Waals surface area contributed by atoms with Crippen LogP contribution >= 0.6 is 11.8 Å². The molecule has 3 heteroatoms. The Kier molecular flexibility index (Phi) is 4.48. The zero-order chi connectivity index (χ0) is 12.3. The predicted molar refractivity (Wildman–Crippen MR) is 71.2 cm³/mol. The molecule has 1 fully saturated rings. The quantitative estimate of drug-likeness (QED) is 0.894. The molecular formula is C14H20O2S. The molecule has 0 amide bonds. The third-order valence-electron chi connectivity index (χ3n) is 3.09. The first-order valence-electron chi connectivity index (χ1n) is 6.24. The van der Waals surface area contributed by atoms with Crippen LogP contribution in [0.25, 0.3) is 0 Å². The molecule has 0 saturated carbocycles. The van der Waals surface area contributed by atoms with Crippen molar-refractivity contribution < 1.29 is 9.84 Å². The van der Waals surface area contributed by atoms with Crippen molar-refractivity contribution in [3.8, 4) is 0 Å². The minimum atomic E-state index is -0.211. The summed E-state index contributed by atoms with van der Waals surface area (Å²) < 4.78 is 5.94. The monoisotopic (exact) mass is 252 g/mol. The van der Waals surface area contributed by atoms with Crippen LogP contribution in [-0.2, 0) is 4.74 Å². The van der Waals surface area contributed by atoms with E-state index < -0.39 is 0 Å². The summed E-state index contributed by atoms with van der Waals surface area (Å²) in [6.45, 7) is 4.19. The molecule has 2 nitrogen and oxygen atoms in total. The van der Waals surface area contributed by atoms with E-state index in [2.05, 4.69) is 38.1 Å². The van der Waals surface area contributed by atoms with Gasteiger partial charge in [0.25, 0.3) is 0 Å². The molecule has 3 atom stereocenters. The Morgan fingerprint density at radius 2 is 2.00 bits per heavy atom. The summed E-state index contributed by atoms with van der Waals surface area (Å²) in [4.78, 5) is 1.21. The van der Waals surface area contributed by atoms with Gasteiger partial charge in [0.1, 0.15) is 5.44 Å². The largest absolute Gasteiger partial charge is 0.393 e. The summed E-state index contributed by atoms with van der Waals surface area (Å²) >= 11 is 1.71. The molecule has 0 aliphatic carbocycles. The summed E-state index contributed by atoms with van der Waals surface area (Å²) in [5.41, 5.74) is 1.36. The third kappa shape index (κ3) is 3.73.